The van der Waals surface area contributed by atoms with Crippen molar-refractivity contribution < 1.29 is 5.11 Å². The Morgan fingerprint density at radius 3 is 1.95 bits per heavy atom. The summed E-state index contributed by atoms with van der Waals surface area (Å²) in [5.41, 5.74) is 3.74. The molecule has 2 rings (SSSR count). The van der Waals surface area contributed by atoms with Crippen molar-refractivity contribution in [3.63, 3.8) is 0 Å². The molecular formula is C20H22NO. The first-order chi connectivity index (χ1) is 10.8. The summed E-state index contributed by atoms with van der Waals surface area (Å²) in [6.45, 7) is 2.14. The third kappa shape index (κ3) is 5.21. The Morgan fingerprint density at radius 1 is 0.909 bits per heavy atom. The molecule has 0 saturated heterocycles. The fourth-order valence-corrected chi connectivity index (χ4v) is 2.38. The topological polar surface area (TPSA) is 32.3 Å². The minimum Gasteiger partial charge on any atom is -0.273 e. The first-order valence-corrected chi connectivity index (χ1v) is 7.76. The van der Waals surface area contributed by atoms with Crippen LogP contribution in [0.4, 0.5) is 0 Å². The van der Waals surface area contributed by atoms with Crippen LogP contribution in [0, 0.1) is 0 Å². The number of allylic oxidation sites excluding steroid dienone is 1. The number of rotatable bonds is 7. The molecule has 0 spiro atoms. The third-order valence-corrected chi connectivity index (χ3v) is 3.46. The third-order valence-electron chi connectivity index (χ3n) is 3.46. The van der Waals surface area contributed by atoms with Gasteiger partial charge in [-0.1, -0.05) is 66.7 Å². The number of hydrogen-bond donors (Lipinski definition) is 0. The van der Waals surface area contributed by atoms with Crippen LogP contribution >= 0.6 is 0 Å². The van der Waals surface area contributed by atoms with Gasteiger partial charge < -0.3 is 0 Å². The fourth-order valence-electron chi connectivity index (χ4n) is 2.38. The molecule has 2 aromatic rings. The number of hydrogen-bond acceptors (Lipinski definition) is 1. The maximum atomic E-state index is 10.8. The van der Waals surface area contributed by atoms with Gasteiger partial charge in [0.15, 0.2) is 0 Å². The van der Waals surface area contributed by atoms with E-state index < -0.39 is 0 Å². The predicted octanol–water partition coefficient (Wildman–Crippen LogP) is 5.14. The molecule has 1 radical (unpaired) electrons. The van der Waals surface area contributed by atoms with E-state index in [0.29, 0.717) is 6.54 Å². The van der Waals surface area contributed by atoms with Gasteiger partial charge in [-0.2, -0.15) is 0 Å². The molecule has 0 aliphatic rings. The molecule has 113 valence electrons. The first kappa shape index (κ1) is 16.0. The van der Waals surface area contributed by atoms with Gasteiger partial charge in [-0.25, -0.2) is 0 Å². The normalized spacial score (nSPS) is 11.2. The lowest BCUT2D eigenvalue weighted by Gasteiger charge is -2.08. The van der Waals surface area contributed by atoms with E-state index in [9.17, 15) is 5.11 Å². The SMILES string of the molecule is CC([O])=NCCCCC=C(c1ccccc1)c1ccccc1. The van der Waals surface area contributed by atoms with E-state index in [-0.39, 0.29) is 5.90 Å². The minimum absolute atomic E-state index is 0.0789. The van der Waals surface area contributed by atoms with E-state index in [0.717, 1.165) is 19.3 Å². The van der Waals surface area contributed by atoms with Gasteiger partial charge in [0.25, 0.3) is 0 Å². The van der Waals surface area contributed by atoms with Crippen LogP contribution in [0.3, 0.4) is 0 Å². The van der Waals surface area contributed by atoms with Crippen molar-refractivity contribution in [3.8, 4) is 0 Å². The second kappa shape index (κ2) is 8.83. The van der Waals surface area contributed by atoms with Crippen molar-refractivity contribution in [2.75, 3.05) is 6.54 Å². The van der Waals surface area contributed by atoms with Gasteiger partial charge in [-0.05, 0) is 36.0 Å². The number of unbranched alkanes of at least 4 members (excludes halogenated alkanes) is 2. The molecule has 2 aromatic carbocycles. The van der Waals surface area contributed by atoms with Crippen molar-refractivity contribution in [1.29, 1.82) is 0 Å². The van der Waals surface area contributed by atoms with Crippen LogP contribution in [0.5, 0.6) is 0 Å². The minimum atomic E-state index is -0.0789. The molecule has 0 bridgehead atoms. The van der Waals surface area contributed by atoms with Crippen molar-refractivity contribution in [3.05, 3.63) is 77.9 Å². The predicted molar refractivity (Wildman–Crippen MR) is 92.5 cm³/mol. The summed E-state index contributed by atoms with van der Waals surface area (Å²) in [4.78, 5) is 3.90. The molecule has 0 aliphatic heterocycles. The number of benzene rings is 2. The van der Waals surface area contributed by atoms with Gasteiger partial charge in [0.05, 0.1) is 0 Å². The van der Waals surface area contributed by atoms with E-state index in [1.165, 1.54) is 23.6 Å². The molecule has 2 nitrogen and oxygen atoms in total. The summed E-state index contributed by atoms with van der Waals surface area (Å²) < 4.78 is 0. The average Bonchev–Trinajstić information content (AvgIpc) is 2.55. The highest BCUT2D eigenvalue weighted by molar-refractivity contribution is 5.79. The molecule has 0 unspecified atom stereocenters. The summed E-state index contributed by atoms with van der Waals surface area (Å²) >= 11 is 0. The standard InChI is InChI=1S/C20H22NO/c1-17(22)21-16-10-4-9-15-20(18-11-5-2-6-12-18)19-13-7-3-8-14-19/h2-3,5-8,11-15H,4,9-10,16H2,1H3. The van der Waals surface area contributed by atoms with E-state index in [2.05, 4.69) is 59.6 Å². The molecule has 0 heterocycles. The zero-order valence-electron chi connectivity index (χ0n) is 13.0. The molecular weight excluding hydrogens is 270 g/mol. The van der Waals surface area contributed by atoms with Crippen LogP contribution in [0.15, 0.2) is 71.7 Å². The molecule has 22 heavy (non-hydrogen) atoms. The summed E-state index contributed by atoms with van der Waals surface area (Å²) in [5.74, 6) is -0.0789. The monoisotopic (exact) mass is 292 g/mol. The Balaban J connectivity index is 2.05. The molecule has 2 heteroatoms. The molecule has 0 aromatic heterocycles. The maximum absolute atomic E-state index is 10.8. The maximum Gasteiger partial charge on any atom is 0.238 e. The van der Waals surface area contributed by atoms with E-state index >= 15 is 0 Å². The van der Waals surface area contributed by atoms with Gasteiger partial charge in [-0.3, -0.25) is 10.1 Å². The van der Waals surface area contributed by atoms with Crippen LogP contribution in [0.2, 0.25) is 0 Å². The molecule has 0 saturated carbocycles. The molecule has 0 aliphatic carbocycles. The lowest BCUT2D eigenvalue weighted by atomic mass is 9.96. The highest BCUT2D eigenvalue weighted by Crippen LogP contribution is 2.24. The smallest absolute Gasteiger partial charge is 0.238 e. The van der Waals surface area contributed by atoms with Gasteiger partial charge in [0.1, 0.15) is 0 Å². The quantitative estimate of drug-likeness (QED) is 0.384. The van der Waals surface area contributed by atoms with Crippen molar-refractivity contribution >= 4 is 11.5 Å². The zero-order chi connectivity index (χ0) is 15.6. The highest BCUT2D eigenvalue weighted by Gasteiger charge is 2.03. The molecule has 0 N–H and O–H groups in total. The largest absolute Gasteiger partial charge is 0.273 e. The average molecular weight is 292 g/mol. The van der Waals surface area contributed by atoms with Crippen LogP contribution in [-0.4, -0.2) is 12.4 Å². The second-order valence-corrected chi connectivity index (χ2v) is 5.25. The van der Waals surface area contributed by atoms with Gasteiger partial charge in [0, 0.05) is 13.5 Å². The van der Waals surface area contributed by atoms with Crippen LogP contribution in [-0.2, 0) is 5.11 Å². The summed E-state index contributed by atoms with van der Waals surface area (Å²) in [6.07, 6.45) is 5.28. The van der Waals surface area contributed by atoms with Gasteiger partial charge in [-0.15, -0.1) is 0 Å². The summed E-state index contributed by atoms with van der Waals surface area (Å²) in [7, 11) is 0. The van der Waals surface area contributed by atoms with Gasteiger partial charge >= 0.3 is 0 Å². The molecule has 0 amide bonds. The lowest BCUT2D eigenvalue weighted by Crippen LogP contribution is -1.90. The Bertz CT molecular complexity index is 569. The van der Waals surface area contributed by atoms with Crippen molar-refractivity contribution in [2.24, 2.45) is 4.99 Å². The number of nitrogens with zero attached hydrogens (tertiary/aromatic N) is 1. The van der Waals surface area contributed by atoms with E-state index in [1.807, 2.05) is 12.1 Å². The highest BCUT2D eigenvalue weighted by atomic mass is 16.3. The zero-order valence-corrected chi connectivity index (χ0v) is 13.0. The van der Waals surface area contributed by atoms with Crippen LogP contribution in [0.1, 0.15) is 37.3 Å². The Kier molecular flexibility index (Phi) is 6.43. The first-order valence-electron chi connectivity index (χ1n) is 7.76. The summed E-state index contributed by atoms with van der Waals surface area (Å²) in [5, 5.41) is 10.8. The van der Waals surface area contributed by atoms with Crippen molar-refractivity contribution in [2.45, 2.75) is 26.2 Å². The van der Waals surface area contributed by atoms with E-state index in [4.69, 9.17) is 0 Å². The molecule has 0 fully saturated rings. The van der Waals surface area contributed by atoms with E-state index in [1.54, 1.807) is 0 Å². The lowest BCUT2D eigenvalue weighted by molar-refractivity contribution is 0.420. The molecule has 0 atom stereocenters. The Labute approximate surface area is 132 Å². The number of aliphatic imine (C=N–C) groups is 1. The van der Waals surface area contributed by atoms with Crippen LogP contribution < -0.4 is 0 Å². The fraction of sp³-hybridized carbons (Fsp3) is 0.250. The Hall–Kier alpha value is -2.35. The van der Waals surface area contributed by atoms with Crippen LogP contribution in [0.25, 0.3) is 5.57 Å². The van der Waals surface area contributed by atoms with Crippen molar-refractivity contribution in [1.82, 2.24) is 0 Å². The van der Waals surface area contributed by atoms with Gasteiger partial charge in [0.2, 0.25) is 5.90 Å². The Morgan fingerprint density at radius 2 is 1.45 bits per heavy atom. The second-order valence-electron chi connectivity index (χ2n) is 5.25. The summed E-state index contributed by atoms with van der Waals surface area (Å²) in [6, 6.07) is 20.9.